The number of hydrogen-bond donors (Lipinski definition) is 0. The molecule has 0 saturated carbocycles. The highest BCUT2D eigenvalue weighted by molar-refractivity contribution is 5.53. The molecule has 56 valence electrons. The van der Waals surface area contributed by atoms with E-state index in [1.807, 2.05) is 24.3 Å². The maximum absolute atomic E-state index is 7.33. The van der Waals surface area contributed by atoms with Gasteiger partial charge in [0.15, 0.2) is 11.5 Å². The van der Waals surface area contributed by atoms with Crippen molar-refractivity contribution in [2.75, 3.05) is 7.05 Å². The standard InChI is InChI=1S/C6H4O.CH3N3/c1-2-4-6-5(3-1)7-6;1-3-4-2/h1-4H;1H3. The van der Waals surface area contributed by atoms with Gasteiger partial charge in [-0.25, -0.2) is 0 Å². The Morgan fingerprint density at radius 3 is 2.09 bits per heavy atom. The SMILES string of the molecule is CN=[N+]=[N-].c1ccc2c(c1)O2. The third-order valence-corrected chi connectivity index (χ3v) is 1.12. The summed E-state index contributed by atoms with van der Waals surface area (Å²) in [5.41, 5.74) is 7.33. The maximum atomic E-state index is 7.33. The molecular weight excluding hydrogens is 142 g/mol. The van der Waals surface area contributed by atoms with E-state index in [4.69, 9.17) is 10.3 Å². The second-order valence-electron chi connectivity index (χ2n) is 1.84. The van der Waals surface area contributed by atoms with Crippen molar-refractivity contribution in [3.05, 3.63) is 34.7 Å². The topological polar surface area (TPSA) is 61.3 Å². The predicted octanol–water partition coefficient (Wildman–Crippen LogP) is 2.72. The molecule has 0 amide bonds. The highest BCUT2D eigenvalue weighted by atomic mass is 16.6. The van der Waals surface area contributed by atoms with E-state index in [0.29, 0.717) is 0 Å². The minimum Gasteiger partial charge on any atom is -0.450 e. The third-order valence-electron chi connectivity index (χ3n) is 1.12. The number of benzene rings is 1. The first-order valence-electron chi connectivity index (χ1n) is 3.08. The molecule has 0 N–H and O–H groups in total. The Kier molecular flexibility index (Phi) is 2.36. The molecular formula is C7H7N3O. The van der Waals surface area contributed by atoms with Crippen LogP contribution in [0.25, 0.3) is 10.4 Å². The molecule has 0 radical (unpaired) electrons. The number of nitrogens with zero attached hydrogens (tertiary/aromatic N) is 3. The Labute approximate surface area is 64.0 Å². The van der Waals surface area contributed by atoms with Crippen LogP contribution in [0, 0.1) is 0 Å². The van der Waals surface area contributed by atoms with E-state index in [9.17, 15) is 0 Å². The molecule has 4 heteroatoms. The van der Waals surface area contributed by atoms with Crippen molar-refractivity contribution in [2.24, 2.45) is 5.11 Å². The van der Waals surface area contributed by atoms with Crippen LogP contribution in [0.5, 0.6) is 11.5 Å². The van der Waals surface area contributed by atoms with Crippen LogP contribution >= 0.6 is 0 Å². The zero-order valence-electron chi connectivity index (χ0n) is 6.06. The average molecular weight is 149 g/mol. The molecule has 1 aromatic carbocycles. The molecule has 11 heavy (non-hydrogen) atoms. The van der Waals surface area contributed by atoms with Gasteiger partial charge in [0.25, 0.3) is 0 Å². The first-order valence-corrected chi connectivity index (χ1v) is 3.08. The van der Waals surface area contributed by atoms with Gasteiger partial charge in [-0.3, -0.25) is 0 Å². The van der Waals surface area contributed by atoms with E-state index in [0.717, 1.165) is 11.5 Å². The molecule has 0 spiro atoms. The van der Waals surface area contributed by atoms with Crippen molar-refractivity contribution in [2.45, 2.75) is 0 Å². The van der Waals surface area contributed by atoms with Gasteiger partial charge in [-0.15, -0.1) is 0 Å². The van der Waals surface area contributed by atoms with Crippen LogP contribution in [-0.4, -0.2) is 7.05 Å². The van der Waals surface area contributed by atoms with Crippen molar-refractivity contribution in [1.29, 1.82) is 0 Å². The molecule has 0 aliphatic carbocycles. The van der Waals surface area contributed by atoms with Crippen LogP contribution in [0.1, 0.15) is 0 Å². The number of rotatable bonds is 0. The summed E-state index contributed by atoms with van der Waals surface area (Å²) in [6.45, 7) is 0. The highest BCUT2D eigenvalue weighted by Crippen LogP contribution is 2.43. The van der Waals surface area contributed by atoms with E-state index in [2.05, 4.69) is 10.0 Å². The lowest BCUT2D eigenvalue weighted by Gasteiger charge is -1.61. The lowest BCUT2D eigenvalue weighted by molar-refractivity contribution is 0.650. The van der Waals surface area contributed by atoms with Crippen molar-refractivity contribution < 1.29 is 4.74 Å². The molecule has 1 heterocycles. The summed E-state index contributed by atoms with van der Waals surface area (Å²) in [6.07, 6.45) is 0. The first kappa shape index (κ1) is 7.44. The van der Waals surface area contributed by atoms with Gasteiger partial charge in [0.1, 0.15) is 0 Å². The predicted molar refractivity (Wildman–Crippen MR) is 41.6 cm³/mol. The fraction of sp³-hybridized carbons (Fsp3) is 0.143. The Bertz CT molecular complexity index is 270. The summed E-state index contributed by atoms with van der Waals surface area (Å²) in [5, 5.41) is 2.92. The molecule has 1 aromatic rings. The largest absolute Gasteiger partial charge is 0.450 e. The van der Waals surface area contributed by atoms with Crippen LogP contribution in [0.3, 0.4) is 0 Å². The lowest BCUT2D eigenvalue weighted by atomic mass is 10.4. The van der Waals surface area contributed by atoms with Crippen LogP contribution in [0.4, 0.5) is 0 Å². The number of fused-ring (bicyclic) bond motifs is 1. The van der Waals surface area contributed by atoms with Crippen molar-refractivity contribution in [3.63, 3.8) is 0 Å². The van der Waals surface area contributed by atoms with Gasteiger partial charge in [-0.05, 0) is 17.7 Å². The molecule has 0 saturated heterocycles. The molecule has 0 aromatic heterocycles. The van der Waals surface area contributed by atoms with Crippen LogP contribution < -0.4 is 4.74 Å². The summed E-state index contributed by atoms with van der Waals surface area (Å²) in [4.78, 5) is 2.36. The summed E-state index contributed by atoms with van der Waals surface area (Å²) < 4.78 is 4.94. The monoisotopic (exact) mass is 149 g/mol. The highest BCUT2D eigenvalue weighted by Gasteiger charge is 2.15. The summed E-state index contributed by atoms with van der Waals surface area (Å²) in [5.74, 6) is 2.06. The van der Waals surface area contributed by atoms with Crippen LogP contribution in [-0.2, 0) is 0 Å². The van der Waals surface area contributed by atoms with E-state index < -0.39 is 0 Å². The summed E-state index contributed by atoms with van der Waals surface area (Å²) >= 11 is 0. The van der Waals surface area contributed by atoms with Gasteiger partial charge in [0.05, 0.1) is 0 Å². The second kappa shape index (κ2) is 3.49. The zero-order valence-corrected chi connectivity index (χ0v) is 6.06. The summed E-state index contributed by atoms with van der Waals surface area (Å²) in [6, 6.07) is 7.84. The molecule has 0 atom stereocenters. The molecule has 1 aliphatic heterocycles. The second-order valence-corrected chi connectivity index (χ2v) is 1.84. The Morgan fingerprint density at radius 2 is 1.82 bits per heavy atom. The van der Waals surface area contributed by atoms with E-state index >= 15 is 0 Å². The molecule has 0 bridgehead atoms. The van der Waals surface area contributed by atoms with Crippen molar-refractivity contribution in [1.82, 2.24) is 0 Å². The number of ether oxygens (including phenoxy) is 1. The average Bonchev–Trinajstić information content (AvgIpc) is 2.83. The fourth-order valence-electron chi connectivity index (χ4n) is 0.611. The molecule has 2 rings (SSSR count). The van der Waals surface area contributed by atoms with Gasteiger partial charge >= 0.3 is 0 Å². The Morgan fingerprint density at radius 1 is 1.36 bits per heavy atom. The fourth-order valence-corrected chi connectivity index (χ4v) is 0.611. The minimum atomic E-state index is 1.03. The lowest BCUT2D eigenvalue weighted by Crippen LogP contribution is -1.37. The summed E-state index contributed by atoms with van der Waals surface area (Å²) in [7, 11) is 1.39. The first-order chi connectivity index (χ1) is 5.38. The molecule has 4 nitrogen and oxygen atoms in total. The van der Waals surface area contributed by atoms with Gasteiger partial charge in [0, 0.05) is 12.0 Å². The zero-order chi connectivity index (χ0) is 8.10. The molecule has 0 fully saturated rings. The van der Waals surface area contributed by atoms with Gasteiger partial charge in [-0.2, -0.15) is 0 Å². The number of para-hydroxylation sites is 2. The number of hydrogen-bond acceptors (Lipinski definition) is 2. The minimum absolute atomic E-state index is 1.03. The molecule has 1 aliphatic rings. The third kappa shape index (κ3) is 2.20. The van der Waals surface area contributed by atoms with Crippen LogP contribution in [0.15, 0.2) is 29.4 Å². The quantitative estimate of drug-likeness (QED) is 0.246. The van der Waals surface area contributed by atoms with Crippen molar-refractivity contribution in [3.8, 4) is 11.5 Å². The normalized spacial score (nSPS) is 9.18. The van der Waals surface area contributed by atoms with Gasteiger partial charge in [-0.1, -0.05) is 17.2 Å². The Hall–Kier alpha value is -1.67. The van der Waals surface area contributed by atoms with Gasteiger partial charge in [0.2, 0.25) is 0 Å². The molecule has 0 unspecified atom stereocenters. The van der Waals surface area contributed by atoms with Crippen LogP contribution in [0.2, 0.25) is 0 Å². The van der Waals surface area contributed by atoms with E-state index in [1.54, 1.807) is 0 Å². The Balaban J connectivity index is 0.000000134. The van der Waals surface area contributed by atoms with Crippen molar-refractivity contribution >= 4 is 0 Å². The maximum Gasteiger partial charge on any atom is 0.170 e. The smallest absolute Gasteiger partial charge is 0.170 e. The van der Waals surface area contributed by atoms with E-state index in [1.165, 1.54) is 7.05 Å². The number of azide groups is 1. The van der Waals surface area contributed by atoms with Gasteiger partial charge < -0.3 is 4.74 Å². The van der Waals surface area contributed by atoms with E-state index in [-0.39, 0.29) is 0 Å².